The smallest absolute Gasteiger partial charge is 0.325 e. The molecule has 3 aromatic heterocycles. The molecule has 3 saturated heterocycles. The number of benzene rings is 3. The van der Waals surface area contributed by atoms with E-state index in [1.165, 1.54) is 32.9 Å². The van der Waals surface area contributed by atoms with Crippen molar-refractivity contribution in [3.05, 3.63) is 122 Å². The molecule has 9 heterocycles. The van der Waals surface area contributed by atoms with Gasteiger partial charge >= 0.3 is 11.9 Å². The van der Waals surface area contributed by atoms with Gasteiger partial charge in [-0.2, -0.15) is 0 Å². The first-order chi connectivity index (χ1) is 44.2. The van der Waals surface area contributed by atoms with Crippen LogP contribution in [0.25, 0.3) is 0 Å². The number of para-hydroxylation sites is 6. The van der Waals surface area contributed by atoms with Gasteiger partial charge in [0.05, 0.1) is 104 Å². The van der Waals surface area contributed by atoms with Crippen molar-refractivity contribution in [2.24, 2.45) is 15.0 Å². The van der Waals surface area contributed by atoms with Gasteiger partial charge in [0.15, 0.2) is 0 Å². The molecule has 0 aliphatic carbocycles. The number of hydrogen-bond donors (Lipinski definition) is 7. The third-order valence-corrected chi connectivity index (χ3v) is 19.3. The minimum absolute atomic E-state index is 0. The summed E-state index contributed by atoms with van der Waals surface area (Å²) >= 11 is 5.28. The summed E-state index contributed by atoms with van der Waals surface area (Å²) in [4.78, 5) is 67.0. The van der Waals surface area contributed by atoms with Crippen molar-refractivity contribution in [3.8, 4) is 0 Å². The Morgan fingerprint density at radius 1 is 0.500 bits per heavy atom. The number of thiophene rings is 3. The molecule has 6 aliphatic heterocycles. The van der Waals surface area contributed by atoms with E-state index in [0.717, 1.165) is 151 Å². The molecular weight excluding hydrogens is 1230 g/mol. The molecule has 92 heavy (non-hydrogen) atoms. The first-order valence-corrected chi connectivity index (χ1v) is 33.3. The Hall–Kier alpha value is -7.22. The summed E-state index contributed by atoms with van der Waals surface area (Å²) in [6.45, 7) is 20.7. The van der Waals surface area contributed by atoms with E-state index in [1.807, 2.05) is 42.5 Å². The zero-order valence-corrected chi connectivity index (χ0v) is 56.1. The first kappa shape index (κ1) is 69.1. The van der Waals surface area contributed by atoms with Crippen molar-refractivity contribution < 1.29 is 43.9 Å². The van der Waals surface area contributed by atoms with Gasteiger partial charge in [-0.05, 0) is 103 Å². The van der Waals surface area contributed by atoms with Crippen molar-refractivity contribution in [1.29, 1.82) is 0 Å². The molecular formula is C65H87N15O9S3. The fraction of sp³-hybridized carbons (Fsp3) is 0.446. The highest BCUT2D eigenvalue weighted by atomic mass is 32.1. The summed E-state index contributed by atoms with van der Waals surface area (Å²) < 4.78 is 21.9. The van der Waals surface area contributed by atoms with E-state index in [1.54, 1.807) is 62.1 Å². The monoisotopic (exact) mass is 1320 g/mol. The summed E-state index contributed by atoms with van der Waals surface area (Å²) in [6, 6.07) is 29.8. The van der Waals surface area contributed by atoms with Crippen LogP contribution < -0.4 is 31.9 Å². The molecule has 3 unspecified atom stereocenters. The summed E-state index contributed by atoms with van der Waals surface area (Å²) in [5.74, 6) is 1.97. The molecule has 3 atom stereocenters. The van der Waals surface area contributed by atoms with Crippen LogP contribution in [0.2, 0.25) is 0 Å². The maximum Gasteiger partial charge on any atom is 0.325 e. The van der Waals surface area contributed by atoms with E-state index in [4.69, 9.17) is 39.0 Å². The van der Waals surface area contributed by atoms with E-state index in [9.17, 15) is 14.4 Å². The van der Waals surface area contributed by atoms with Crippen LogP contribution in [0.5, 0.6) is 0 Å². The molecule has 27 heteroatoms. The Balaban J connectivity index is 0.000000162. The number of fused-ring (bicyclic) bond motifs is 6. The third-order valence-electron chi connectivity index (χ3n) is 16.4. The Kier molecular flexibility index (Phi) is 24.8. The lowest BCUT2D eigenvalue weighted by atomic mass is 10.2. The van der Waals surface area contributed by atoms with Gasteiger partial charge < -0.3 is 76.1 Å². The molecule has 9 N–H and O–H groups in total. The summed E-state index contributed by atoms with van der Waals surface area (Å²) in [7, 11) is 6.53. The highest BCUT2D eigenvalue weighted by molar-refractivity contribution is 7.17. The molecule has 24 nitrogen and oxygen atoms in total. The van der Waals surface area contributed by atoms with Gasteiger partial charge in [0.2, 0.25) is 0 Å². The normalized spacial score (nSPS) is 17.1. The van der Waals surface area contributed by atoms with E-state index >= 15 is 0 Å². The van der Waals surface area contributed by atoms with Crippen LogP contribution >= 0.6 is 34.0 Å². The lowest BCUT2D eigenvalue weighted by Gasteiger charge is -2.36. The lowest BCUT2D eigenvalue weighted by molar-refractivity contribution is -0.145. The zero-order chi connectivity index (χ0) is 64.0. The predicted octanol–water partition coefficient (Wildman–Crippen LogP) is 7.14. The number of nitrogens with one attached hydrogen (secondary N) is 6. The van der Waals surface area contributed by atoms with Crippen molar-refractivity contribution in [2.45, 2.75) is 45.8 Å². The van der Waals surface area contributed by atoms with Gasteiger partial charge in [-0.25, -0.2) is 15.0 Å². The van der Waals surface area contributed by atoms with Crippen molar-refractivity contribution in [2.75, 3.05) is 163 Å². The van der Waals surface area contributed by atoms with Gasteiger partial charge in [0.1, 0.15) is 50.4 Å². The van der Waals surface area contributed by atoms with Crippen LogP contribution in [0.3, 0.4) is 0 Å². The van der Waals surface area contributed by atoms with Crippen LogP contribution in [0.4, 0.5) is 49.1 Å². The second kappa shape index (κ2) is 33.1. The molecule has 0 radical (unpaired) electrons. The van der Waals surface area contributed by atoms with Gasteiger partial charge in [-0.1, -0.05) is 36.4 Å². The number of ketones is 1. The average Bonchev–Trinajstić information content (AvgIpc) is 1.69. The number of aryl methyl sites for hydroxylation is 3. The topological polar surface area (TPSA) is 269 Å². The van der Waals surface area contributed by atoms with Crippen LogP contribution in [0, 0.1) is 20.8 Å². The van der Waals surface area contributed by atoms with Crippen molar-refractivity contribution in [1.82, 2.24) is 45.3 Å². The Bertz CT molecular complexity index is 3400. The molecule has 6 aromatic rings. The molecule has 6 aliphatic rings. The van der Waals surface area contributed by atoms with Gasteiger partial charge in [-0.15, -0.1) is 34.0 Å². The number of likely N-dealkylation sites (N-methyl/N-ethyl adjacent to an activating group) is 3. The number of carboxylic acids is 1. The summed E-state index contributed by atoms with van der Waals surface area (Å²) in [5, 5.41) is 31.9. The number of carbonyl (C=O) groups is 3. The van der Waals surface area contributed by atoms with E-state index in [0.29, 0.717) is 26.8 Å². The second-order valence-corrected chi connectivity index (χ2v) is 26.6. The minimum atomic E-state index is -0.899. The molecule has 494 valence electrons. The van der Waals surface area contributed by atoms with Crippen LogP contribution in [-0.4, -0.2) is 240 Å². The zero-order valence-electron chi connectivity index (χ0n) is 53.7. The molecule has 12 rings (SSSR count). The quantitative estimate of drug-likeness (QED) is 0.0422. The number of methoxy groups -OCH3 is 1. The number of aliphatic carboxylic acids is 1. The Morgan fingerprint density at radius 3 is 1.10 bits per heavy atom. The fourth-order valence-corrected chi connectivity index (χ4v) is 14.0. The molecule has 0 bridgehead atoms. The van der Waals surface area contributed by atoms with Crippen LogP contribution in [0.15, 0.2) is 106 Å². The van der Waals surface area contributed by atoms with E-state index in [2.05, 4.69) is 131 Å². The van der Waals surface area contributed by atoms with Crippen molar-refractivity contribution >= 4 is 118 Å². The standard InChI is InChI=1S/C22H29N5O3S.C22H29N5O2S.C21H27N5O3S.H2O/c1-15-12-16-20(24-17-6-4-5-7-18(17)25-21(16)31-15)27-10-8-26(9-11-27)14-30-13-19(23-2)22(28)29-3;1-15-12-17-21(24-18-6-4-5-7-19(18)25-22(17)30-15)27-10-8-26(9-11-27)14-29-13-20(23-3)16(2)28;1-14-11-15-19(23-16-5-3-4-6-17(16)24-20(15)30-14)26-9-7-25(8-10-26)13-29-12-18(22-2)21(27)28;/h4-7,12,19,23,25H,8-11,13-14H2,1-3H3;4-7,12,20,23,25H,8-11,13-14H2,1-3H3;3-6,11,18,22,24H,7-10,12-13H2,1-2H3,(H,27,28);1H2. The van der Waals surface area contributed by atoms with E-state index in [-0.39, 0.29) is 36.5 Å². The Morgan fingerprint density at radius 2 is 0.804 bits per heavy atom. The number of hydrogen-bond acceptors (Lipinski definition) is 25. The summed E-state index contributed by atoms with van der Waals surface area (Å²) in [5.41, 5.74) is 9.49. The van der Waals surface area contributed by atoms with Gasteiger partial charge in [-0.3, -0.25) is 29.1 Å². The number of Topliss-reactive ketones (excluding diaryl/α,β-unsaturated/α-hetero) is 1. The SMILES string of the molecule is CNC(COCN1CCN(C2=Nc3ccccc3Nc3sc(C)cc32)CC1)C(=O)O.CNC(COCN1CCN(C2=Nc3ccccc3Nc3sc(C)cc32)CC1)C(=O)OC.CNC(COCN1CCN(C2=Nc3ccccc3Nc3sc(C)cc32)CC1)C(C)=O.O. The van der Waals surface area contributed by atoms with E-state index < -0.39 is 18.1 Å². The minimum Gasteiger partial charge on any atom is -0.480 e. The number of esters is 1. The van der Waals surface area contributed by atoms with Crippen LogP contribution in [-0.2, 0) is 33.3 Å². The number of anilines is 6. The lowest BCUT2D eigenvalue weighted by Crippen LogP contribution is -2.50. The number of ether oxygens (including phenoxy) is 4. The molecule has 0 spiro atoms. The van der Waals surface area contributed by atoms with Gasteiger partial charge in [0, 0.05) is 93.2 Å². The molecule has 0 amide bonds. The number of aliphatic imine (C=N–C) groups is 3. The first-order valence-electron chi connectivity index (χ1n) is 30.8. The highest BCUT2D eigenvalue weighted by Crippen LogP contribution is 2.42. The fourth-order valence-electron chi connectivity index (χ4n) is 11.2. The largest absolute Gasteiger partial charge is 0.480 e. The van der Waals surface area contributed by atoms with Crippen LogP contribution in [0.1, 0.15) is 38.2 Å². The number of rotatable bonds is 18. The number of piperazine rings is 3. The maximum atomic E-state index is 11.7. The highest BCUT2D eigenvalue weighted by Gasteiger charge is 2.31. The number of carbonyl (C=O) groups excluding carboxylic acids is 2. The predicted molar refractivity (Wildman–Crippen MR) is 369 cm³/mol. The summed E-state index contributed by atoms with van der Waals surface area (Å²) in [6.07, 6.45) is 0. The maximum absolute atomic E-state index is 11.7. The number of nitrogens with zero attached hydrogens (tertiary/aromatic N) is 9. The Labute approximate surface area is 550 Å². The third kappa shape index (κ3) is 17.5. The van der Waals surface area contributed by atoms with Gasteiger partial charge in [0.25, 0.3) is 0 Å². The second-order valence-electron chi connectivity index (χ2n) is 22.8. The average molecular weight is 1320 g/mol. The number of amidine groups is 3. The molecule has 3 fully saturated rings. The molecule has 3 aromatic carbocycles. The van der Waals surface area contributed by atoms with Crippen molar-refractivity contribution in [3.63, 3.8) is 0 Å². The number of carboxylic acid groups (broad SMARTS) is 1. The molecule has 0 saturated carbocycles.